The second kappa shape index (κ2) is 3.49. The van der Waals surface area contributed by atoms with E-state index < -0.39 is 0 Å². The first-order valence-electron chi connectivity index (χ1n) is 3.71. The van der Waals surface area contributed by atoms with Crippen LogP contribution in [0.3, 0.4) is 0 Å². The Morgan fingerprint density at radius 3 is 3.42 bits per heavy atom. The lowest BCUT2D eigenvalue weighted by Crippen LogP contribution is -1.97. The van der Waals surface area contributed by atoms with Gasteiger partial charge in [0.05, 0.1) is 6.54 Å². The molecule has 0 bridgehead atoms. The number of thioether (sulfide) groups is 1. The number of rotatable bonds is 0. The first-order chi connectivity index (χ1) is 5.92. The molecule has 0 amide bonds. The van der Waals surface area contributed by atoms with Crippen molar-refractivity contribution in [2.24, 2.45) is 4.99 Å². The summed E-state index contributed by atoms with van der Waals surface area (Å²) in [7, 11) is 0. The molecular formula is C8H9NOS2. The SMILES string of the molecule is CSC1=NCCOc2ccsc21. The molecule has 1 aromatic rings. The summed E-state index contributed by atoms with van der Waals surface area (Å²) in [6.45, 7) is 1.48. The van der Waals surface area contributed by atoms with Crippen LogP contribution >= 0.6 is 23.1 Å². The van der Waals surface area contributed by atoms with Crippen molar-refractivity contribution in [1.29, 1.82) is 0 Å². The number of hydrogen-bond donors (Lipinski definition) is 0. The molecule has 1 aromatic heterocycles. The Morgan fingerprint density at radius 1 is 1.67 bits per heavy atom. The summed E-state index contributed by atoms with van der Waals surface area (Å²) in [4.78, 5) is 5.60. The van der Waals surface area contributed by atoms with E-state index in [2.05, 4.69) is 4.99 Å². The maximum absolute atomic E-state index is 5.50. The second-order valence-corrected chi connectivity index (χ2v) is 4.06. The van der Waals surface area contributed by atoms with Crippen LogP contribution in [0.25, 0.3) is 0 Å². The van der Waals surface area contributed by atoms with Crippen molar-refractivity contribution in [2.75, 3.05) is 19.4 Å². The minimum atomic E-state index is 0.702. The highest BCUT2D eigenvalue weighted by Gasteiger charge is 2.13. The van der Waals surface area contributed by atoms with E-state index in [1.165, 1.54) is 4.88 Å². The summed E-state index contributed by atoms with van der Waals surface area (Å²) in [5, 5.41) is 3.15. The van der Waals surface area contributed by atoms with Gasteiger partial charge in [0.25, 0.3) is 0 Å². The zero-order valence-corrected chi connectivity index (χ0v) is 8.37. The van der Waals surface area contributed by atoms with E-state index in [4.69, 9.17) is 4.74 Å². The molecule has 1 aliphatic rings. The van der Waals surface area contributed by atoms with E-state index in [9.17, 15) is 0 Å². The maximum Gasteiger partial charge on any atom is 0.140 e. The van der Waals surface area contributed by atoms with Crippen LogP contribution < -0.4 is 4.74 Å². The summed E-state index contributed by atoms with van der Waals surface area (Å²) in [5.41, 5.74) is 0. The van der Waals surface area contributed by atoms with Gasteiger partial charge in [-0.1, -0.05) is 0 Å². The highest BCUT2D eigenvalue weighted by Crippen LogP contribution is 2.30. The lowest BCUT2D eigenvalue weighted by atomic mass is 10.4. The van der Waals surface area contributed by atoms with E-state index >= 15 is 0 Å². The summed E-state index contributed by atoms with van der Waals surface area (Å²) in [6, 6.07) is 2.01. The third kappa shape index (κ3) is 1.36. The molecule has 0 N–H and O–H groups in total. The number of fused-ring (bicyclic) bond motifs is 1. The normalized spacial score (nSPS) is 15.9. The summed E-state index contributed by atoms with van der Waals surface area (Å²) >= 11 is 3.38. The molecule has 2 nitrogen and oxygen atoms in total. The van der Waals surface area contributed by atoms with E-state index in [-0.39, 0.29) is 0 Å². The Bertz CT molecular complexity index is 306. The Kier molecular flexibility index (Phi) is 2.37. The number of ether oxygens (including phenoxy) is 1. The van der Waals surface area contributed by atoms with Crippen molar-refractivity contribution < 1.29 is 4.74 Å². The van der Waals surface area contributed by atoms with Crippen LogP contribution in [0.1, 0.15) is 4.88 Å². The Labute approximate surface area is 79.7 Å². The molecule has 0 unspecified atom stereocenters. The molecular weight excluding hydrogens is 190 g/mol. The monoisotopic (exact) mass is 199 g/mol. The minimum Gasteiger partial charge on any atom is -0.490 e. The molecule has 0 spiro atoms. The quantitative estimate of drug-likeness (QED) is 0.639. The fraction of sp³-hybridized carbons (Fsp3) is 0.375. The highest BCUT2D eigenvalue weighted by molar-refractivity contribution is 8.14. The van der Waals surface area contributed by atoms with Crippen LogP contribution in [0.2, 0.25) is 0 Å². The van der Waals surface area contributed by atoms with Gasteiger partial charge < -0.3 is 4.74 Å². The molecule has 0 saturated carbocycles. The molecule has 12 heavy (non-hydrogen) atoms. The zero-order chi connectivity index (χ0) is 8.39. The van der Waals surface area contributed by atoms with Gasteiger partial charge in [0.15, 0.2) is 0 Å². The lowest BCUT2D eigenvalue weighted by Gasteiger charge is -1.99. The second-order valence-electron chi connectivity index (χ2n) is 2.35. The molecule has 0 radical (unpaired) electrons. The van der Waals surface area contributed by atoms with Crippen molar-refractivity contribution in [3.63, 3.8) is 0 Å². The molecule has 0 aliphatic carbocycles. The van der Waals surface area contributed by atoms with Crippen LogP contribution in [0.4, 0.5) is 0 Å². The van der Waals surface area contributed by atoms with Crippen LogP contribution in [-0.2, 0) is 0 Å². The Morgan fingerprint density at radius 2 is 2.58 bits per heavy atom. The van der Waals surface area contributed by atoms with E-state index in [1.807, 2.05) is 17.7 Å². The zero-order valence-electron chi connectivity index (χ0n) is 6.74. The first kappa shape index (κ1) is 8.13. The van der Waals surface area contributed by atoms with Crippen LogP contribution in [0.15, 0.2) is 16.4 Å². The van der Waals surface area contributed by atoms with Crippen LogP contribution in [0.5, 0.6) is 5.75 Å². The van der Waals surface area contributed by atoms with Gasteiger partial charge in [-0.25, -0.2) is 0 Å². The molecule has 0 fully saturated rings. The van der Waals surface area contributed by atoms with Gasteiger partial charge in [-0.3, -0.25) is 4.99 Å². The summed E-state index contributed by atoms with van der Waals surface area (Å²) < 4.78 is 5.50. The third-order valence-electron chi connectivity index (χ3n) is 1.62. The van der Waals surface area contributed by atoms with Gasteiger partial charge in [-0.15, -0.1) is 23.1 Å². The Hall–Kier alpha value is -0.480. The predicted octanol–water partition coefficient (Wildman–Crippen LogP) is 2.25. The van der Waals surface area contributed by atoms with Gasteiger partial charge in [-0.05, 0) is 17.7 Å². The first-order valence-corrected chi connectivity index (χ1v) is 5.81. The number of aliphatic imine (C=N–C) groups is 1. The van der Waals surface area contributed by atoms with Crippen molar-refractivity contribution in [3.05, 3.63) is 16.3 Å². The van der Waals surface area contributed by atoms with E-state index in [0.717, 1.165) is 17.3 Å². The molecule has 0 saturated heterocycles. The molecule has 2 rings (SSSR count). The molecule has 0 aromatic carbocycles. The van der Waals surface area contributed by atoms with Crippen molar-refractivity contribution >= 4 is 28.1 Å². The Balaban J connectivity index is 2.42. The van der Waals surface area contributed by atoms with Crippen LogP contribution in [0, 0.1) is 0 Å². The smallest absolute Gasteiger partial charge is 0.140 e. The van der Waals surface area contributed by atoms with E-state index in [1.54, 1.807) is 23.1 Å². The highest BCUT2D eigenvalue weighted by atomic mass is 32.2. The third-order valence-corrected chi connectivity index (χ3v) is 3.37. The number of thiophene rings is 1. The molecule has 4 heteroatoms. The fourth-order valence-electron chi connectivity index (χ4n) is 1.10. The molecule has 2 heterocycles. The number of nitrogens with zero attached hydrogens (tertiary/aromatic N) is 1. The van der Waals surface area contributed by atoms with Gasteiger partial charge in [0.2, 0.25) is 0 Å². The van der Waals surface area contributed by atoms with Gasteiger partial charge in [0, 0.05) is 0 Å². The van der Waals surface area contributed by atoms with Gasteiger partial charge in [0.1, 0.15) is 22.3 Å². The van der Waals surface area contributed by atoms with Crippen molar-refractivity contribution in [3.8, 4) is 5.75 Å². The number of hydrogen-bond acceptors (Lipinski definition) is 4. The minimum absolute atomic E-state index is 0.702. The van der Waals surface area contributed by atoms with Gasteiger partial charge >= 0.3 is 0 Å². The average Bonchev–Trinajstić information content (AvgIpc) is 2.46. The van der Waals surface area contributed by atoms with Crippen molar-refractivity contribution in [2.45, 2.75) is 0 Å². The summed E-state index contributed by atoms with van der Waals surface area (Å²) in [6.07, 6.45) is 2.05. The fourth-order valence-corrected chi connectivity index (χ4v) is 2.74. The van der Waals surface area contributed by atoms with Gasteiger partial charge in [-0.2, -0.15) is 0 Å². The molecule has 1 aliphatic heterocycles. The van der Waals surface area contributed by atoms with Crippen molar-refractivity contribution in [1.82, 2.24) is 0 Å². The lowest BCUT2D eigenvalue weighted by molar-refractivity contribution is 0.332. The molecule has 64 valence electrons. The molecule has 0 atom stereocenters. The van der Waals surface area contributed by atoms with E-state index in [0.29, 0.717) is 6.61 Å². The largest absolute Gasteiger partial charge is 0.490 e. The topological polar surface area (TPSA) is 21.6 Å². The van der Waals surface area contributed by atoms with Crippen LogP contribution in [-0.4, -0.2) is 24.5 Å². The maximum atomic E-state index is 5.50. The average molecular weight is 199 g/mol. The standard InChI is InChI=1S/C8H9NOS2/c1-11-8-7-6(2-5-12-7)10-4-3-9-8/h2,5H,3-4H2,1H3. The predicted molar refractivity (Wildman–Crippen MR) is 54.7 cm³/mol. The summed E-state index contributed by atoms with van der Waals surface area (Å²) in [5.74, 6) is 0.991.